The maximum atomic E-state index is 12.2. The minimum Gasteiger partial charge on any atom is -0.475 e. The number of hydrogen-bond acceptors (Lipinski definition) is 6. The second kappa shape index (κ2) is 9.96. The van der Waals surface area contributed by atoms with Crippen LogP contribution in [0.2, 0.25) is 0 Å². The van der Waals surface area contributed by atoms with Crippen molar-refractivity contribution in [3.63, 3.8) is 0 Å². The number of nitrogens with one attached hydrogen (secondary N) is 1. The summed E-state index contributed by atoms with van der Waals surface area (Å²) >= 11 is 0. The number of alkyl halides is 3. The Hall–Kier alpha value is -2.86. The van der Waals surface area contributed by atoms with E-state index in [2.05, 4.69) is 15.3 Å². The second-order valence-electron chi connectivity index (χ2n) is 8.24. The maximum absolute atomic E-state index is 12.2. The third-order valence-electron chi connectivity index (χ3n) is 5.83. The lowest BCUT2D eigenvalue weighted by Gasteiger charge is -2.50. The molecule has 2 fully saturated rings. The van der Waals surface area contributed by atoms with Crippen molar-refractivity contribution in [2.24, 2.45) is 13.0 Å². The molecule has 0 saturated carbocycles. The molecule has 1 spiro atoms. The molecule has 2 aromatic rings. The van der Waals surface area contributed by atoms with Crippen LogP contribution >= 0.6 is 0 Å². The summed E-state index contributed by atoms with van der Waals surface area (Å²) in [4.78, 5) is 23.4. The van der Waals surface area contributed by atoms with E-state index >= 15 is 0 Å². The first-order valence-corrected chi connectivity index (χ1v) is 10.5. The summed E-state index contributed by atoms with van der Waals surface area (Å²) in [5, 5.41) is 14.2. The van der Waals surface area contributed by atoms with Gasteiger partial charge in [-0.25, -0.2) is 4.79 Å². The number of aryl methyl sites for hydroxylation is 2. The summed E-state index contributed by atoms with van der Waals surface area (Å²) in [5.41, 5.74) is 0.546. The zero-order valence-electron chi connectivity index (χ0n) is 18.4. The van der Waals surface area contributed by atoms with Gasteiger partial charge in [0, 0.05) is 39.5 Å². The van der Waals surface area contributed by atoms with Gasteiger partial charge < -0.3 is 19.6 Å². The number of nitrogens with zero attached hydrogens (tertiary/aromatic N) is 3. The number of carbonyl (C=O) groups is 2. The summed E-state index contributed by atoms with van der Waals surface area (Å²) in [5.74, 6) is -0.373. The van der Waals surface area contributed by atoms with E-state index in [1.807, 2.05) is 19.1 Å². The standard InChI is InChI=1S/C19H26N4O3.C2HF3O2/c1-14-3-4-16(26-14)11-23-12-19(13-23)15(7-10-25-19)5-8-20-18(24)17-6-9-21-22(17)2;3-2(4,5)1(6)7/h3-4,6,9,15H,5,7-8,10-13H2,1-2H3,(H,20,24);(H,6,7). The van der Waals surface area contributed by atoms with E-state index in [4.69, 9.17) is 19.1 Å². The quantitative estimate of drug-likeness (QED) is 0.664. The zero-order chi connectivity index (χ0) is 24.2. The first-order chi connectivity index (χ1) is 15.5. The lowest BCUT2D eigenvalue weighted by molar-refractivity contribution is -0.192. The summed E-state index contributed by atoms with van der Waals surface area (Å²) in [6.07, 6.45) is -1.44. The predicted octanol–water partition coefficient (Wildman–Crippen LogP) is 2.37. The average Bonchev–Trinajstić information content (AvgIpc) is 3.42. The Kier molecular flexibility index (Phi) is 7.48. The highest BCUT2D eigenvalue weighted by Gasteiger charge is 2.52. The molecule has 2 aliphatic heterocycles. The topological polar surface area (TPSA) is 110 Å². The number of amides is 1. The fourth-order valence-electron chi connectivity index (χ4n) is 4.20. The van der Waals surface area contributed by atoms with Crippen molar-refractivity contribution in [1.29, 1.82) is 0 Å². The van der Waals surface area contributed by atoms with E-state index in [1.165, 1.54) is 0 Å². The van der Waals surface area contributed by atoms with Gasteiger partial charge in [0.2, 0.25) is 0 Å². The first kappa shape index (κ1) is 24.8. The lowest BCUT2D eigenvalue weighted by Crippen LogP contribution is -2.64. The Morgan fingerprint density at radius 3 is 2.55 bits per heavy atom. The van der Waals surface area contributed by atoms with Crippen molar-refractivity contribution < 1.29 is 37.0 Å². The van der Waals surface area contributed by atoms with Crippen LogP contribution in [0.3, 0.4) is 0 Å². The monoisotopic (exact) mass is 472 g/mol. The molecule has 12 heteroatoms. The molecular formula is C21H27F3N4O5. The van der Waals surface area contributed by atoms with Crippen LogP contribution in [0.5, 0.6) is 0 Å². The number of hydrogen-bond donors (Lipinski definition) is 2. The molecule has 4 heterocycles. The molecule has 1 unspecified atom stereocenters. The number of ether oxygens (including phenoxy) is 1. The Bertz CT molecular complexity index is 965. The van der Waals surface area contributed by atoms with E-state index in [1.54, 1.807) is 24.0 Å². The Morgan fingerprint density at radius 2 is 2.00 bits per heavy atom. The molecule has 2 N–H and O–H groups in total. The summed E-state index contributed by atoms with van der Waals surface area (Å²) in [6, 6.07) is 5.78. The zero-order valence-corrected chi connectivity index (χ0v) is 18.4. The number of aliphatic carboxylic acids is 1. The van der Waals surface area contributed by atoms with Crippen LogP contribution in [-0.2, 0) is 23.1 Å². The molecule has 0 aliphatic carbocycles. The fraction of sp³-hybridized carbons (Fsp3) is 0.571. The molecule has 2 aliphatic rings. The number of carbonyl (C=O) groups excluding carboxylic acids is 1. The smallest absolute Gasteiger partial charge is 0.475 e. The third-order valence-corrected chi connectivity index (χ3v) is 5.83. The van der Waals surface area contributed by atoms with Crippen LogP contribution < -0.4 is 5.32 Å². The first-order valence-electron chi connectivity index (χ1n) is 10.5. The predicted molar refractivity (Wildman–Crippen MR) is 109 cm³/mol. The van der Waals surface area contributed by atoms with Crippen LogP contribution in [0.1, 0.15) is 34.9 Å². The van der Waals surface area contributed by atoms with Gasteiger partial charge in [0.15, 0.2) is 0 Å². The summed E-state index contributed by atoms with van der Waals surface area (Å²) in [7, 11) is 1.78. The molecule has 0 bridgehead atoms. The number of halogens is 3. The van der Waals surface area contributed by atoms with Crippen molar-refractivity contribution in [3.05, 3.63) is 41.6 Å². The molecule has 0 radical (unpaired) electrons. The molecule has 33 heavy (non-hydrogen) atoms. The number of carboxylic acid groups (broad SMARTS) is 1. The summed E-state index contributed by atoms with van der Waals surface area (Å²) < 4.78 is 45.1. The Morgan fingerprint density at radius 1 is 1.30 bits per heavy atom. The molecular weight excluding hydrogens is 445 g/mol. The fourth-order valence-corrected chi connectivity index (χ4v) is 4.20. The van der Waals surface area contributed by atoms with Crippen molar-refractivity contribution >= 4 is 11.9 Å². The van der Waals surface area contributed by atoms with Gasteiger partial charge in [0.25, 0.3) is 5.91 Å². The van der Waals surface area contributed by atoms with Crippen molar-refractivity contribution in [3.8, 4) is 0 Å². The largest absolute Gasteiger partial charge is 0.490 e. The average molecular weight is 472 g/mol. The molecule has 182 valence electrons. The molecule has 0 aromatic carbocycles. The van der Waals surface area contributed by atoms with E-state index in [9.17, 15) is 18.0 Å². The normalized spacial score (nSPS) is 19.6. The van der Waals surface area contributed by atoms with E-state index in [-0.39, 0.29) is 11.5 Å². The summed E-state index contributed by atoms with van der Waals surface area (Å²) in [6.45, 7) is 6.16. The second-order valence-corrected chi connectivity index (χ2v) is 8.24. The van der Waals surface area contributed by atoms with Gasteiger partial charge in [0.1, 0.15) is 17.2 Å². The Balaban J connectivity index is 0.000000383. The molecule has 2 saturated heterocycles. The minimum atomic E-state index is -5.08. The maximum Gasteiger partial charge on any atom is 0.490 e. The lowest BCUT2D eigenvalue weighted by atomic mass is 9.79. The van der Waals surface area contributed by atoms with Gasteiger partial charge in [-0.05, 0) is 43.9 Å². The number of carboxylic acids is 1. The van der Waals surface area contributed by atoms with Crippen LogP contribution in [-0.4, -0.2) is 69.7 Å². The molecule has 1 amide bonds. The molecule has 2 aromatic heterocycles. The Labute approximate surface area is 188 Å². The van der Waals surface area contributed by atoms with Crippen LogP contribution in [0, 0.1) is 12.8 Å². The van der Waals surface area contributed by atoms with Crippen LogP contribution in [0.15, 0.2) is 28.8 Å². The minimum absolute atomic E-state index is 0.0428. The SMILES string of the molecule is Cc1ccc(CN2CC3(C2)OCCC3CCNC(=O)c2ccnn2C)o1.O=C(O)C(F)(F)F. The number of furan rings is 1. The van der Waals surface area contributed by atoms with Crippen molar-refractivity contribution in [1.82, 2.24) is 20.0 Å². The van der Waals surface area contributed by atoms with Gasteiger partial charge in [-0.2, -0.15) is 18.3 Å². The van der Waals surface area contributed by atoms with Gasteiger partial charge in [0.05, 0.1) is 12.1 Å². The van der Waals surface area contributed by atoms with E-state index in [0.717, 1.165) is 50.6 Å². The number of likely N-dealkylation sites (tertiary alicyclic amines) is 1. The molecule has 4 rings (SSSR count). The van der Waals surface area contributed by atoms with Crippen LogP contribution in [0.25, 0.3) is 0 Å². The number of rotatable bonds is 6. The van der Waals surface area contributed by atoms with Crippen molar-refractivity contribution in [2.75, 3.05) is 26.2 Å². The van der Waals surface area contributed by atoms with E-state index in [0.29, 0.717) is 18.2 Å². The molecule has 1 atom stereocenters. The highest BCUT2D eigenvalue weighted by atomic mass is 19.4. The highest BCUT2D eigenvalue weighted by Crippen LogP contribution is 2.42. The highest BCUT2D eigenvalue weighted by molar-refractivity contribution is 5.92. The van der Waals surface area contributed by atoms with Gasteiger partial charge in [-0.3, -0.25) is 14.4 Å². The van der Waals surface area contributed by atoms with Crippen molar-refractivity contribution in [2.45, 2.75) is 38.1 Å². The van der Waals surface area contributed by atoms with Crippen LogP contribution in [0.4, 0.5) is 13.2 Å². The van der Waals surface area contributed by atoms with Gasteiger partial charge in [-0.15, -0.1) is 0 Å². The molecule has 9 nitrogen and oxygen atoms in total. The third kappa shape index (κ3) is 6.14. The van der Waals surface area contributed by atoms with E-state index < -0.39 is 12.1 Å². The number of aromatic nitrogens is 2. The van der Waals surface area contributed by atoms with Gasteiger partial charge >= 0.3 is 12.1 Å². The van der Waals surface area contributed by atoms with Gasteiger partial charge in [-0.1, -0.05) is 0 Å².